The molecule has 80 valence electrons. The fourth-order valence-electron chi connectivity index (χ4n) is 2.69. The molecule has 1 aliphatic carbocycles. The minimum Gasteiger partial charge on any atom is -0.483 e. The zero-order chi connectivity index (χ0) is 10.3. The Hall–Kier alpha value is -1.18. The van der Waals surface area contributed by atoms with Crippen molar-refractivity contribution in [2.24, 2.45) is 0 Å². The Morgan fingerprint density at radius 1 is 1.27 bits per heavy atom. The van der Waals surface area contributed by atoms with Crippen LogP contribution < -0.4 is 10.1 Å². The first-order chi connectivity index (χ1) is 7.27. The predicted octanol–water partition coefficient (Wildman–Crippen LogP) is 3.11. The molecule has 1 N–H and O–H groups in total. The largest absolute Gasteiger partial charge is 0.483 e. The van der Waals surface area contributed by atoms with Crippen LogP contribution >= 0.6 is 0 Å². The molecule has 3 rings (SSSR count). The highest BCUT2D eigenvalue weighted by atomic mass is 16.5. The van der Waals surface area contributed by atoms with E-state index in [2.05, 4.69) is 30.4 Å². The van der Waals surface area contributed by atoms with Gasteiger partial charge in [0, 0.05) is 0 Å². The lowest BCUT2D eigenvalue weighted by atomic mass is 9.99. The maximum absolute atomic E-state index is 6.17. The highest BCUT2D eigenvalue weighted by Gasteiger charge is 2.38. The van der Waals surface area contributed by atoms with E-state index in [0.717, 1.165) is 18.0 Å². The Kier molecular flexibility index (Phi) is 1.91. The summed E-state index contributed by atoms with van der Waals surface area (Å²) in [6.07, 6.45) is 5.02. The summed E-state index contributed by atoms with van der Waals surface area (Å²) in [5, 5.41) is 3.51. The van der Waals surface area contributed by atoms with E-state index < -0.39 is 0 Å². The Morgan fingerprint density at radius 3 is 2.87 bits per heavy atom. The van der Waals surface area contributed by atoms with Crippen LogP contribution in [-0.4, -0.2) is 12.1 Å². The Bertz CT molecular complexity index is 380. The van der Waals surface area contributed by atoms with Crippen LogP contribution in [0.3, 0.4) is 0 Å². The molecule has 0 unspecified atom stereocenters. The van der Waals surface area contributed by atoms with Crippen molar-refractivity contribution in [1.29, 1.82) is 0 Å². The Labute approximate surface area is 90.6 Å². The van der Waals surface area contributed by atoms with E-state index in [4.69, 9.17) is 4.74 Å². The zero-order valence-electron chi connectivity index (χ0n) is 9.18. The molecule has 15 heavy (non-hydrogen) atoms. The van der Waals surface area contributed by atoms with Gasteiger partial charge in [-0.3, -0.25) is 0 Å². The summed E-state index contributed by atoms with van der Waals surface area (Å²) in [5.74, 6) is 1.04. The van der Waals surface area contributed by atoms with Crippen LogP contribution in [-0.2, 0) is 0 Å². The van der Waals surface area contributed by atoms with Crippen LogP contribution in [0, 0.1) is 6.92 Å². The fraction of sp³-hybridized carbons (Fsp3) is 0.538. The molecule has 0 radical (unpaired) electrons. The van der Waals surface area contributed by atoms with Gasteiger partial charge in [-0.15, -0.1) is 0 Å². The first kappa shape index (κ1) is 9.08. The second-order valence-corrected chi connectivity index (χ2v) is 4.85. The van der Waals surface area contributed by atoms with Crippen LogP contribution in [0.1, 0.15) is 31.2 Å². The molecule has 0 saturated heterocycles. The quantitative estimate of drug-likeness (QED) is 0.699. The molecule has 1 aromatic rings. The monoisotopic (exact) mass is 203 g/mol. The number of rotatable bonds is 0. The lowest BCUT2D eigenvalue weighted by Crippen LogP contribution is -2.43. The molecular weight excluding hydrogens is 186 g/mol. The minimum absolute atomic E-state index is 0.0995. The van der Waals surface area contributed by atoms with Gasteiger partial charge in [0.2, 0.25) is 0 Å². The number of fused-ring (bicyclic) bond motifs is 1. The molecule has 0 amide bonds. The van der Waals surface area contributed by atoms with E-state index in [1.54, 1.807) is 0 Å². The number of nitrogens with one attached hydrogen (secondary N) is 1. The molecule has 1 heterocycles. The van der Waals surface area contributed by atoms with E-state index in [1.807, 2.05) is 0 Å². The zero-order valence-corrected chi connectivity index (χ0v) is 9.18. The summed E-state index contributed by atoms with van der Waals surface area (Å²) < 4.78 is 6.17. The van der Waals surface area contributed by atoms with Crippen LogP contribution in [0.4, 0.5) is 5.69 Å². The smallest absolute Gasteiger partial charge is 0.143 e. The van der Waals surface area contributed by atoms with Crippen molar-refractivity contribution >= 4 is 5.69 Å². The van der Waals surface area contributed by atoms with Gasteiger partial charge < -0.3 is 10.1 Å². The summed E-state index contributed by atoms with van der Waals surface area (Å²) in [4.78, 5) is 0. The summed E-state index contributed by atoms with van der Waals surface area (Å²) >= 11 is 0. The first-order valence-electron chi connectivity index (χ1n) is 5.81. The average Bonchev–Trinajstić information content (AvgIpc) is 2.67. The normalized spacial score (nSPS) is 21.9. The van der Waals surface area contributed by atoms with Crippen molar-refractivity contribution in [2.75, 3.05) is 11.9 Å². The molecule has 2 aliphatic rings. The second-order valence-electron chi connectivity index (χ2n) is 4.85. The van der Waals surface area contributed by atoms with Gasteiger partial charge in [-0.1, -0.05) is 6.07 Å². The van der Waals surface area contributed by atoms with Gasteiger partial charge in [0.25, 0.3) is 0 Å². The molecule has 1 aliphatic heterocycles. The molecule has 2 heteroatoms. The van der Waals surface area contributed by atoms with Crippen molar-refractivity contribution in [2.45, 2.75) is 38.2 Å². The maximum atomic E-state index is 6.17. The van der Waals surface area contributed by atoms with E-state index in [0.29, 0.717) is 0 Å². The van der Waals surface area contributed by atoms with Gasteiger partial charge in [-0.25, -0.2) is 0 Å². The van der Waals surface area contributed by atoms with Crippen LogP contribution in [0.15, 0.2) is 18.2 Å². The molecular formula is C13H17NO. The van der Waals surface area contributed by atoms with Gasteiger partial charge in [0.1, 0.15) is 11.4 Å². The van der Waals surface area contributed by atoms with Gasteiger partial charge in [0.05, 0.1) is 12.2 Å². The molecule has 0 aromatic heterocycles. The third kappa shape index (κ3) is 1.48. The average molecular weight is 203 g/mol. The van der Waals surface area contributed by atoms with E-state index >= 15 is 0 Å². The van der Waals surface area contributed by atoms with E-state index in [1.165, 1.54) is 31.2 Å². The van der Waals surface area contributed by atoms with Crippen molar-refractivity contribution in [3.8, 4) is 5.75 Å². The highest BCUT2D eigenvalue weighted by Crippen LogP contribution is 2.41. The third-order valence-corrected chi connectivity index (χ3v) is 3.58. The maximum Gasteiger partial charge on any atom is 0.143 e. The summed E-state index contributed by atoms with van der Waals surface area (Å²) in [7, 11) is 0. The summed E-state index contributed by atoms with van der Waals surface area (Å²) in [6, 6.07) is 6.38. The molecule has 2 nitrogen and oxygen atoms in total. The summed E-state index contributed by atoms with van der Waals surface area (Å²) in [5.41, 5.74) is 2.54. The Balaban J connectivity index is 1.93. The summed E-state index contributed by atoms with van der Waals surface area (Å²) in [6.45, 7) is 3.09. The van der Waals surface area contributed by atoms with Crippen molar-refractivity contribution < 1.29 is 4.74 Å². The third-order valence-electron chi connectivity index (χ3n) is 3.58. The number of ether oxygens (including phenoxy) is 1. The molecule has 1 fully saturated rings. The van der Waals surface area contributed by atoms with Crippen LogP contribution in [0.2, 0.25) is 0 Å². The van der Waals surface area contributed by atoms with Crippen LogP contribution in [0.5, 0.6) is 5.75 Å². The van der Waals surface area contributed by atoms with Gasteiger partial charge in [0.15, 0.2) is 0 Å². The van der Waals surface area contributed by atoms with E-state index in [9.17, 15) is 0 Å². The lowest BCUT2D eigenvalue weighted by Gasteiger charge is -2.36. The van der Waals surface area contributed by atoms with Crippen molar-refractivity contribution in [3.05, 3.63) is 23.8 Å². The number of hydrogen-bond donors (Lipinski definition) is 1. The van der Waals surface area contributed by atoms with Crippen molar-refractivity contribution in [1.82, 2.24) is 0 Å². The van der Waals surface area contributed by atoms with E-state index in [-0.39, 0.29) is 5.60 Å². The van der Waals surface area contributed by atoms with Gasteiger partial charge in [-0.2, -0.15) is 0 Å². The molecule has 0 bridgehead atoms. The molecule has 0 atom stereocenters. The second kappa shape index (κ2) is 3.16. The Morgan fingerprint density at radius 2 is 2.07 bits per heavy atom. The standard InChI is InChI=1S/C13H17NO/c1-10-4-5-12-11(8-10)14-9-13(15-12)6-2-3-7-13/h4-5,8,14H,2-3,6-7,9H2,1H3. The van der Waals surface area contributed by atoms with Gasteiger partial charge in [-0.05, 0) is 50.3 Å². The van der Waals surface area contributed by atoms with Crippen LogP contribution in [0.25, 0.3) is 0 Å². The molecule has 1 saturated carbocycles. The predicted molar refractivity (Wildman–Crippen MR) is 61.5 cm³/mol. The number of anilines is 1. The number of benzene rings is 1. The van der Waals surface area contributed by atoms with Gasteiger partial charge >= 0.3 is 0 Å². The molecule has 1 aromatic carbocycles. The van der Waals surface area contributed by atoms with Crippen molar-refractivity contribution in [3.63, 3.8) is 0 Å². The molecule has 1 spiro atoms. The SMILES string of the molecule is Cc1ccc2c(c1)NCC1(CCCC1)O2. The topological polar surface area (TPSA) is 21.3 Å². The lowest BCUT2D eigenvalue weighted by molar-refractivity contribution is 0.0830. The highest BCUT2D eigenvalue weighted by molar-refractivity contribution is 5.60. The number of aryl methyl sites for hydroxylation is 1. The fourth-order valence-corrected chi connectivity index (χ4v) is 2.69. The minimum atomic E-state index is 0.0995. The first-order valence-corrected chi connectivity index (χ1v) is 5.81. The number of hydrogen-bond acceptors (Lipinski definition) is 2.